The molecule has 1 saturated carbocycles. The van der Waals surface area contributed by atoms with Crippen LogP contribution in [0, 0.1) is 15.4 Å². The van der Waals surface area contributed by atoms with Crippen molar-refractivity contribution in [3.63, 3.8) is 0 Å². The molecule has 3 heteroatoms. The van der Waals surface area contributed by atoms with E-state index in [2.05, 4.69) is 35.0 Å². The van der Waals surface area contributed by atoms with Crippen LogP contribution in [0.2, 0.25) is 0 Å². The third-order valence-corrected chi connectivity index (χ3v) is 8.27. The van der Waals surface area contributed by atoms with Crippen LogP contribution in [0.3, 0.4) is 0 Å². The van der Waals surface area contributed by atoms with Crippen LogP contribution in [0.4, 0.5) is 0 Å². The van der Waals surface area contributed by atoms with E-state index in [4.69, 9.17) is 9.90 Å². The van der Waals surface area contributed by atoms with Crippen molar-refractivity contribution in [3.05, 3.63) is 32.9 Å². The number of hydrogen-bond donors (Lipinski definition) is 1. The number of alkyl halides is 2. The van der Waals surface area contributed by atoms with Crippen LogP contribution in [0.25, 0.3) is 0 Å². The molecule has 1 N–H and O–H groups in total. The Morgan fingerprint density at radius 2 is 1.65 bits per heavy atom. The monoisotopic (exact) mass is 476 g/mol. The Bertz CT molecular complexity index is 521. The van der Waals surface area contributed by atoms with Crippen LogP contribution >= 0.6 is 19.8 Å². The van der Waals surface area contributed by atoms with E-state index in [1.54, 1.807) is 14.7 Å². The molecule has 2 aliphatic carbocycles. The van der Waals surface area contributed by atoms with E-state index in [-0.39, 0.29) is 0 Å². The first-order valence-corrected chi connectivity index (χ1v) is 15.6. The van der Waals surface area contributed by atoms with Crippen LogP contribution in [0.5, 0.6) is 0 Å². The zero-order chi connectivity index (χ0) is 20.3. The molecule has 0 aliphatic heterocycles. The zero-order valence-electron chi connectivity index (χ0n) is 18.2. The topological polar surface area (TPSA) is 37.3 Å². The maximum atomic E-state index is 9.00. The van der Waals surface area contributed by atoms with E-state index >= 15 is 0 Å². The van der Waals surface area contributed by atoms with Gasteiger partial charge in [-0.2, -0.15) is 0 Å². The Kier molecular flexibility index (Phi) is 13.3. The Balaban J connectivity index is 0.000000680. The molecule has 0 heterocycles. The van der Waals surface area contributed by atoms with Crippen molar-refractivity contribution in [2.24, 2.45) is 11.8 Å². The van der Waals surface area contributed by atoms with Crippen molar-refractivity contribution in [1.82, 2.24) is 0 Å². The first kappa shape index (κ1) is 25.4. The van der Waals surface area contributed by atoms with Crippen LogP contribution < -0.4 is 0 Å². The number of aliphatic carboxylic acids is 1. The van der Waals surface area contributed by atoms with Gasteiger partial charge in [0.25, 0.3) is 5.97 Å². The summed E-state index contributed by atoms with van der Waals surface area (Å²) in [5.74, 6) is 2.00. The summed E-state index contributed by atoms with van der Waals surface area (Å²) in [7, 11) is 0. The van der Waals surface area contributed by atoms with E-state index in [9.17, 15) is 0 Å². The van der Waals surface area contributed by atoms with Gasteiger partial charge in [0, 0.05) is 6.92 Å². The third-order valence-electron chi connectivity index (χ3n) is 5.11. The molecule has 1 fully saturated rings. The quantitative estimate of drug-likeness (QED) is 0.343. The molecule has 1 aromatic carbocycles. The maximum absolute atomic E-state index is 9.00. The normalized spacial score (nSPS) is 23.2. The number of rotatable bonds is 1. The summed E-state index contributed by atoms with van der Waals surface area (Å²) in [6.45, 7) is 11.6. The Hall–Kier alpha value is -0.580. The molecule has 0 amide bonds. The Morgan fingerprint density at radius 1 is 1.08 bits per heavy atom. The summed E-state index contributed by atoms with van der Waals surface area (Å²) in [6, 6.07) is 7.51. The second kappa shape index (κ2) is 13.6. The zero-order valence-corrected chi connectivity index (χ0v) is 20.4. The van der Waals surface area contributed by atoms with Gasteiger partial charge in [0.05, 0.1) is 0 Å². The molecular weight excluding hydrogens is 435 g/mol. The predicted octanol–water partition coefficient (Wildman–Crippen LogP) is 7.23. The average Bonchev–Trinajstić information content (AvgIpc) is 2.64. The molecule has 3 atom stereocenters. The summed E-state index contributed by atoms with van der Waals surface area (Å²) in [5, 5.41) is 7.42. The van der Waals surface area contributed by atoms with E-state index in [0.717, 1.165) is 24.7 Å². The van der Waals surface area contributed by atoms with Gasteiger partial charge < -0.3 is 5.11 Å². The SMILES string of the molecule is CC.CC.CC(=O)O.CC1CCCC2c3ccc(I(C)C)cc3CCC12. The number of halogens is 1. The number of hydrogen-bond acceptors (Lipinski definition) is 1. The minimum absolute atomic E-state index is 0.795. The van der Waals surface area contributed by atoms with Crippen molar-refractivity contribution in [2.75, 3.05) is 9.86 Å². The number of carboxylic acid groups (broad SMARTS) is 1. The minimum atomic E-state index is -0.833. The molecule has 3 unspecified atom stereocenters. The fraction of sp³-hybridized carbons (Fsp3) is 0.696. The van der Waals surface area contributed by atoms with Crippen LogP contribution in [-0.4, -0.2) is 20.9 Å². The van der Waals surface area contributed by atoms with Crippen LogP contribution in [0.1, 0.15) is 84.3 Å². The van der Waals surface area contributed by atoms with E-state index in [0.29, 0.717) is 0 Å². The van der Waals surface area contributed by atoms with Crippen molar-refractivity contribution < 1.29 is 9.90 Å². The van der Waals surface area contributed by atoms with E-state index < -0.39 is 25.8 Å². The summed E-state index contributed by atoms with van der Waals surface area (Å²) >= 11 is -0.795. The molecule has 3 rings (SSSR count). The predicted molar refractivity (Wildman–Crippen MR) is 125 cm³/mol. The fourth-order valence-electron chi connectivity index (χ4n) is 4.07. The number of fused-ring (bicyclic) bond motifs is 3. The molecule has 152 valence electrons. The molecule has 2 nitrogen and oxygen atoms in total. The van der Waals surface area contributed by atoms with Crippen LogP contribution in [-0.2, 0) is 11.2 Å². The van der Waals surface area contributed by atoms with Crippen LogP contribution in [0.15, 0.2) is 18.2 Å². The standard InChI is InChI=1S/C17H25I.C2H4O2.2C2H6/c1-12-5-4-6-17-15(12)9-7-13-11-14(18(2)3)8-10-16(13)17;1-2(3)4;2*1-2/h8,10-12,15,17H,4-7,9H2,1-3H3;1H3,(H,3,4);2*1-2H3. The van der Waals surface area contributed by atoms with Gasteiger partial charge in [-0.05, 0) is 0 Å². The number of carboxylic acids is 1. The van der Waals surface area contributed by atoms with Gasteiger partial charge >= 0.3 is 119 Å². The second-order valence-electron chi connectivity index (χ2n) is 6.84. The second-order valence-corrected chi connectivity index (χ2v) is 12.4. The first-order chi connectivity index (χ1) is 12.4. The van der Waals surface area contributed by atoms with Crippen molar-refractivity contribution in [3.8, 4) is 0 Å². The molecule has 0 aromatic heterocycles. The fourth-order valence-corrected chi connectivity index (χ4v) is 5.96. The molecule has 2 aliphatic rings. The van der Waals surface area contributed by atoms with Crippen molar-refractivity contribution in [1.29, 1.82) is 0 Å². The van der Waals surface area contributed by atoms with Gasteiger partial charge in [0.2, 0.25) is 0 Å². The number of aryl methyl sites for hydroxylation is 1. The average molecular weight is 476 g/mol. The molecule has 0 bridgehead atoms. The first-order valence-electron chi connectivity index (χ1n) is 10.2. The summed E-state index contributed by atoms with van der Waals surface area (Å²) in [4.78, 5) is 13.9. The Labute approximate surface area is 169 Å². The van der Waals surface area contributed by atoms with Gasteiger partial charge in [0.1, 0.15) is 0 Å². The number of benzene rings is 1. The van der Waals surface area contributed by atoms with E-state index in [1.807, 2.05) is 27.7 Å². The van der Waals surface area contributed by atoms with E-state index in [1.165, 1.54) is 32.1 Å². The summed E-state index contributed by atoms with van der Waals surface area (Å²) in [5.41, 5.74) is 3.42. The summed E-state index contributed by atoms with van der Waals surface area (Å²) in [6.07, 6.45) is 7.16. The number of carbonyl (C=O) groups is 1. The molecular formula is C23H41IO2. The van der Waals surface area contributed by atoms with Crippen molar-refractivity contribution in [2.45, 2.75) is 79.6 Å². The van der Waals surface area contributed by atoms with Gasteiger partial charge in [0.15, 0.2) is 0 Å². The van der Waals surface area contributed by atoms with Gasteiger partial charge in [-0.25, -0.2) is 0 Å². The summed E-state index contributed by atoms with van der Waals surface area (Å²) < 4.78 is 1.68. The third kappa shape index (κ3) is 7.58. The molecule has 0 saturated heterocycles. The van der Waals surface area contributed by atoms with Crippen molar-refractivity contribution >= 4 is 25.8 Å². The Morgan fingerprint density at radius 3 is 2.19 bits per heavy atom. The van der Waals surface area contributed by atoms with Gasteiger partial charge in [-0.15, -0.1) is 0 Å². The molecule has 0 radical (unpaired) electrons. The molecule has 0 spiro atoms. The molecule has 1 aromatic rings. The van der Waals surface area contributed by atoms with Gasteiger partial charge in [-0.1, -0.05) is 27.7 Å². The molecule has 26 heavy (non-hydrogen) atoms. The van der Waals surface area contributed by atoms with Gasteiger partial charge in [-0.3, -0.25) is 4.79 Å².